The molecule has 0 fully saturated rings. The number of rotatable bonds is 8. The number of carbonyl (C=O) groups is 1. The van der Waals surface area contributed by atoms with Crippen molar-refractivity contribution < 1.29 is 9.53 Å². The summed E-state index contributed by atoms with van der Waals surface area (Å²) < 4.78 is 5.43. The fraction of sp³-hybridized carbons (Fsp3) is 0.462. The Morgan fingerprint density at radius 1 is 1.18 bits per heavy atom. The molecule has 1 rings (SSSR count). The van der Waals surface area contributed by atoms with Gasteiger partial charge in [-0.15, -0.1) is 0 Å². The fourth-order valence-electron chi connectivity index (χ4n) is 1.53. The quantitative estimate of drug-likeness (QED) is 0.310. The van der Waals surface area contributed by atoms with E-state index < -0.39 is 0 Å². The number of aryl methyl sites for hydroxylation is 1. The van der Waals surface area contributed by atoms with Gasteiger partial charge in [-0.25, -0.2) is 5.84 Å². The fourth-order valence-corrected chi connectivity index (χ4v) is 1.53. The average Bonchev–Trinajstić information content (AvgIpc) is 2.38. The molecule has 1 amide bonds. The molecule has 94 valence electrons. The molecule has 0 aromatic heterocycles. The summed E-state index contributed by atoms with van der Waals surface area (Å²) in [4.78, 5) is 10.8. The van der Waals surface area contributed by atoms with Gasteiger partial charge in [0.25, 0.3) is 0 Å². The van der Waals surface area contributed by atoms with Crippen molar-refractivity contribution in [3.63, 3.8) is 0 Å². The van der Waals surface area contributed by atoms with Crippen LogP contribution in [0.25, 0.3) is 0 Å². The van der Waals surface area contributed by atoms with Crippen molar-refractivity contribution in [3.8, 4) is 0 Å². The standard InChI is InChI=1S/C13H20N2O2/c14-15-13(16)9-5-11-17-10-4-8-12-6-2-1-3-7-12/h1-3,6-7H,4-5,8-11,14H2,(H,15,16). The number of nitrogens with two attached hydrogens (primary N) is 1. The maximum absolute atomic E-state index is 10.8. The van der Waals surface area contributed by atoms with Crippen molar-refractivity contribution in [3.05, 3.63) is 35.9 Å². The molecule has 0 saturated heterocycles. The summed E-state index contributed by atoms with van der Waals surface area (Å²) >= 11 is 0. The van der Waals surface area contributed by atoms with E-state index in [1.165, 1.54) is 5.56 Å². The number of amides is 1. The van der Waals surface area contributed by atoms with E-state index in [1.54, 1.807) is 0 Å². The van der Waals surface area contributed by atoms with E-state index in [9.17, 15) is 4.79 Å². The predicted octanol–water partition coefficient (Wildman–Crippen LogP) is 1.41. The van der Waals surface area contributed by atoms with Crippen molar-refractivity contribution in [2.24, 2.45) is 5.84 Å². The summed E-state index contributed by atoms with van der Waals surface area (Å²) in [5.41, 5.74) is 3.43. The molecule has 0 aliphatic heterocycles. The lowest BCUT2D eigenvalue weighted by molar-refractivity contribution is -0.121. The van der Waals surface area contributed by atoms with Crippen LogP contribution in [0.2, 0.25) is 0 Å². The van der Waals surface area contributed by atoms with Gasteiger partial charge in [-0.2, -0.15) is 0 Å². The van der Waals surface area contributed by atoms with Crippen LogP contribution in [-0.4, -0.2) is 19.1 Å². The van der Waals surface area contributed by atoms with Crippen LogP contribution in [0.15, 0.2) is 30.3 Å². The SMILES string of the molecule is NNC(=O)CCCOCCCc1ccccc1. The molecule has 0 heterocycles. The van der Waals surface area contributed by atoms with Crippen LogP contribution >= 0.6 is 0 Å². The van der Waals surface area contributed by atoms with Gasteiger partial charge in [-0.3, -0.25) is 10.2 Å². The molecular formula is C13H20N2O2. The van der Waals surface area contributed by atoms with E-state index in [-0.39, 0.29) is 5.91 Å². The Hall–Kier alpha value is -1.39. The molecule has 1 aromatic carbocycles. The van der Waals surface area contributed by atoms with Crippen molar-refractivity contribution in [1.29, 1.82) is 0 Å². The molecule has 0 atom stereocenters. The number of ether oxygens (including phenoxy) is 1. The maximum atomic E-state index is 10.8. The number of hydrogen-bond donors (Lipinski definition) is 2. The predicted molar refractivity (Wildman–Crippen MR) is 67.1 cm³/mol. The molecule has 4 heteroatoms. The van der Waals surface area contributed by atoms with E-state index in [0.29, 0.717) is 19.4 Å². The molecule has 3 N–H and O–H groups in total. The van der Waals surface area contributed by atoms with Gasteiger partial charge >= 0.3 is 0 Å². The van der Waals surface area contributed by atoms with Gasteiger partial charge in [0.05, 0.1) is 0 Å². The summed E-state index contributed by atoms with van der Waals surface area (Å²) in [7, 11) is 0. The first kappa shape index (κ1) is 13.7. The lowest BCUT2D eigenvalue weighted by Gasteiger charge is -2.04. The highest BCUT2D eigenvalue weighted by Gasteiger charge is 1.97. The van der Waals surface area contributed by atoms with Crippen LogP contribution in [0.5, 0.6) is 0 Å². The number of hydrogen-bond acceptors (Lipinski definition) is 3. The zero-order chi connectivity index (χ0) is 12.3. The lowest BCUT2D eigenvalue weighted by Crippen LogP contribution is -2.29. The highest BCUT2D eigenvalue weighted by atomic mass is 16.5. The van der Waals surface area contributed by atoms with Gasteiger partial charge in [-0.05, 0) is 24.8 Å². The van der Waals surface area contributed by atoms with Crippen molar-refractivity contribution in [1.82, 2.24) is 5.43 Å². The molecule has 0 saturated carbocycles. The summed E-state index contributed by atoms with van der Waals surface area (Å²) in [6.07, 6.45) is 3.18. The minimum absolute atomic E-state index is 0.141. The second-order valence-electron chi connectivity index (χ2n) is 3.87. The Morgan fingerprint density at radius 3 is 2.59 bits per heavy atom. The number of carbonyl (C=O) groups excluding carboxylic acids is 1. The highest BCUT2D eigenvalue weighted by molar-refractivity contribution is 5.75. The van der Waals surface area contributed by atoms with Crippen LogP contribution in [-0.2, 0) is 16.0 Å². The minimum Gasteiger partial charge on any atom is -0.381 e. The zero-order valence-corrected chi connectivity index (χ0v) is 10.0. The molecule has 0 unspecified atom stereocenters. The zero-order valence-electron chi connectivity index (χ0n) is 10.0. The van der Waals surface area contributed by atoms with Crippen LogP contribution in [0, 0.1) is 0 Å². The number of nitrogens with one attached hydrogen (secondary N) is 1. The monoisotopic (exact) mass is 236 g/mol. The largest absolute Gasteiger partial charge is 0.381 e. The Morgan fingerprint density at radius 2 is 1.88 bits per heavy atom. The minimum atomic E-state index is -0.141. The van der Waals surface area contributed by atoms with Gasteiger partial charge in [-0.1, -0.05) is 30.3 Å². The Balaban J connectivity index is 1.93. The van der Waals surface area contributed by atoms with Crippen LogP contribution in [0.4, 0.5) is 0 Å². The summed E-state index contributed by atoms with van der Waals surface area (Å²) in [5.74, 6) is 4.82. The third-order valence-electron chi connectivity index (χ3n) is 2.45. The highest BCUT2D eigenvalue weighted by Crippen LogP contribution is 2.02. The van der Waals surface area contributed by atoms with Crippen molar-refractivity contribution in [2.45, 2.75) is 25.7 Å². The molecule has 4 nitrogen and oxygen atoms in total. The smallest absolute Gasteiger partial charge is 0.233 e. The molecule has 1 aromatic rings. The summed E-state index contributed by atoms with van der Waals surface area (Å²) in [6, 6.07) is 10.3. The molecule has 0 radical (unpaired) electrons. The van der Waals surface area contributed by atoms with E-state index in [2.05, 4.69) is 17.6 Å². The van der Waals surface area contributed by atoms with Gasteiger partial charge in [0.1, 0.15) is 0 Å². The molecular weight excluding hydrogens is 216 g/mol. The number of benzene rings is 1. The number of hydrazine groups is 1. The first-order chi connectivity index (χ1) is 8.33. The summed E-state index contributed by atoms with van der Waals surface area (Å²) in [5, 5.41) is 0. The Bertz CT molecular complexity index is 314. The Kier molecular flexibility index (Phi) is 7.02. The van der Waals surface area contributed by atoms with Crippen LogP contribution in [0.1, 0.15) is 24.8 Å². The van der Waals surface area contributed by atoms with E-state index in [4.69, 9.17) is 10.6 Å². The second kappa shape index (κ2) is 8.73. The maximum Gasteiger partial charge on any atom is 0.233 e. The second-order valence-corrected chi connectivity index (χ2v) is 3.87. The Labute approximate surface area is 102 Å². The van der Waals surface area contributed by atoms with Gasteiger partial charge in [0, 0.05) is 19.6 Å². The first-order valence-electron chi connectivity index (χ1n) is 5.94. The third-order valence-corrected chi connectivity index (χ3v) is 2.45. The van der Waals surface area contributed by atoms with E-state index in [0.717, 1.165) is 19.4 Å². The van der Waals surface area contributed by atoms with Gasteiger partial charge < -0.3 is 4.74 Å². The van der Waals surface area contributed by atoms with E-state index in [1.807, 2.05) is 18.2 Å². The van der Waals surface area contributed by atoms with Crippen LogP contribution < -0.4 is 11.3 Å². The first-order valence-corrected chi connectivity index (χ1v) is 5.94. The van der Waals surface area contributed by atoms with Gasteiger partial charge in [0.15, 0.2) is 0 Å². The normalized spacial score (nSPS) is 10.2. The molecule has 0 aliphatic rings. The van der Waals surface area contributed by atoms with Gasteiger partial charge in [0.2, 0.25) is 5.91 Å². The summed E-state index contributed by atoms with van der Waals surface area (Å²) in [6.45, 7) is 1.35. The molecule has 0 bridgehead atoms. The van der Waals surface area contributed by atoms with Crippen molar-refractivity contribution >= 4 is 5.91 Å². The van der Waals surface area contributed by atoms with Crippen LogP contribution in [0.3, 0.4) is 0 Å². The van der Waals surface area contributed by atoms with E-state index >= 15 is 0 Å². The molecule has 0 spiro atoms. The van der Waals surface area contributed by atoms with Crippen molar-refractivity contribution in [2.75, 3.05) is 13.2 Å². The average molecular weight is 236 g/mol. The molecule has 0 aliphatic carbocycles. The lowest BCUT2D eigenvalue weighted by atomic mass is 10.1. The topological polar surface area (TPSA) is 64.3 Å². The molecule has 17 heavy (non-hydrogen) atoms. The third kappa shape index (κ3) is 6.71.